The summed E-state index contributed by atoms with van der Waals surface area (Å²) in [5.74, 6) is 0. The van der Waals surface area contributed by atoms with Crippen molar-refractivity contribution in [3.63, 3.8) is 0 Å². The number of hydrogen-bond acceptors (Lipinski definition) is 5. The van der Waals surface area contributed by atoms with Gasteiger partial charge in [0.1, 0.15) is 9.23 Å². The first kappa shape index (κ1) is 15.2. The van der Waals surface area contributed by atoms with Crippen LogP contribution in [0.2, 0.25) is 8.67 Å². The molecule has 0 radical (unpaired) electrons. The molecule has 9 heteroatoms. The van der Waals surface area contributed by atoms with Gasteiger partial charge >= 0.3 is 0 Å². The summed E-state index contributed by atoms with van der Waals surface area (Å²) in [6, 6.07) is 1.26. The number of sulfonamides is 1. The van der Waals surface area contributed by atoms with Crippen molar-refractivity contribution < 1.29 is 18.6 Å². The van der Waals surface area contributed by atoms with E-state index in [4.69, 9.17) is 33.4 Å². The first-order valence-electron chi connectivity index (χ1n) is 4.60. The van der Waals surface area contributed by atoms with Crippen LogP contribution in [0.3, 0.4) is 0 Å². The molecule has 1 rings (SSSR count). The normalized spacial score (nSPS) is 12.3. The molecule has 0 bridgehead atoms. The van der Waals surface area contributed by atoms with Gasteiger partial charge in [0.2, 0.25) is 10.0 Å². The number of aliphatic hydroxyl groups excluding tert-OH is 2. The van der Waals surface area contributed by atoms with Crippen LogP contribution in [-0.4, -0.2) is 49.2 Å². The summed E-state index contributed by atoms with van der Waals surface area (Å²) >= 11 is 12.4. The Labute approximate surface area is 113 Å². The maximum absolute atomic E-state index is 12.1. The van der Waals surface area contributed by atoms with Crippen LogP contribution in [0, 0.1) is 0 Å². The predicted octanol–water partition coefficient (Wildman–Crippen LogP) is 1.03. The first-order chi connectivity index (χ1) is 7.93. The van der Waals surface area contributed by atoms with Gasteiger partial charge in [-0.1, -0.05) is 23.2 Å². The molecule has 0 atom stereocenters. The Kier molecular flexibility index (Phi) is 5.65. The van der Waals surface area contributed by atoms with Gasteiger partial charge in [-0.05, 0) is 6.07 Å². The lowest BCUT2D eigenvalue weighted by Gasteiger charge is -2.19. The lowest BCUT2D eigenvalue weighted by molar-refractivity contribution is 0.217. The molecule has 98 valence electrons. The molecule has 1 aromatic heterocycles. The molecule has 0 saturated heterocycles. The number of aliphatic hydroxyl groups is 2. The Balaban J connectivity index is 3.11. The van der Waals surface area contributed by atoms with Crippen LogP contribution in [0.4, 0.5) is 0 Å². The molecular formula is C8H11Cl2NO4S2. The molecule has 0 aromatic carbocycles. The summed E-state index contributed by atoms with van der Waals surface area (Å²) in [7, 11) is -3.83. The minimum atomic E-state index is -3.83. The summed E-state index contributed by atoms with van der Waals surface area (Å²) in [5, 5.41) is 17.6. The van der Waals surface area contributed by atoms with Crippen LogP contribution in [0.15, 0.2) is 11.0 Å². The van der Waals surface area contributed by atoms with Gasteiger partial charge in [-0.25, -0.2) is 8.42 Å². The lowest BCUT2D eigenvalue weighted by atomic mass is 10.6. The fourth-order valence-electron chi connectivity index (χ4n) is 1.22. The van der Waals surface area contributed by atoms with E-state index in [-0.39, 0.29) is 39.9 Å². The second-order valence-electron chi connectivity index (χ2n) is 3.04. The zero-order chi connectivity index (χ0) is 13.1. The third kappa shape index (κ3) is 3.54. The first-order valence-corrected chi connectivity index (χ1v) is 7.61. The number of nitrogens with zero attached hydrogens (tertiary/aromatic N) is 1. The van der Waals surface area contributed by atoms with Crippen molar-refractivity contribution in [2.24, 2.45) is 0 Å². The van der Waals surface area contributed by atoms with Crippen LogP contribution in [0.1, 0.15) is 0 Å². The molecule has 0 aliphatic heterocycles. The van der Waals surface area contributed by atoms with Crippen LogP contribution in [0.5, 0.6) is 0 Å². The minimum Gasteiger partial charge on any atom is -0.395 e. The average molecular weight is 320 g/mol. The van der Waals surface area contributed by atoms with Crippen LogP contribution >= 0.6 is 34.5 Å². The summed E-state index contributed by atoms with van der Waals surface area (Å²) < 4.78 is 25.5. The molecule has 0 spiro atoms. The SMILES string of the molecule is O=S(=O)(c1cc(Cl)sc1Cl)N(CCO)CCO. The van der Waals surface area contributed by atoms with Crippen molar-refractivity contribution in [3.05, 3.63) is 14.7 Å². The van der Waals surface area contributed by atoms with E-state index < -0.39 is 10.0 Å². The Morgan fingerprint density at radius 2 is 1.76 bits per heavy atom. The van der Waals surface area contributed by atoms with Crippen molar-refractivity contribution in [2.75, 3.05) is 26.3 Å². The minimum absolute atomic E-state index is 0.0656. The van der Waals surface area contributed by atoms with E-state index in [1.807, 2.05) is 0 Å². The smallest absolute Gasteiger partial charge is 0.245 e. The highest BCUT2D eigenvalue weighted by atomic mass is 35.5. The molecule has 0 amide bonds. The topological polar surface area (TPSA) is 77.8 Å². The number of hydrogen-bond donors (Lipinski definition) is 2. The lowest BCUT2D eigenvalue weighted by Crippen LogP contribution is -2.35. The van der Waals surface area contributed by atoms with Crippen molar-refractivity contribution in [2.45, 2.75) is 4.90 Å². The zero-order valence-corrected chi connectivity index (χ0v) is 11.8. The molecule has 17 heavy (non-hydrogen) atoms. The summed E-state index contributed by atoms with van der Waals surface area (Å²) in [6.07, 6.45) is 0. The second kappa shape index (κ2) is 6.33. The number of thiophene rings is 1. The quantitative estimate of drug-likeness (QED) is 0.821. The Bertz CT molecular complexity index is 468. The van der Waals surface area contributed by atoms with Crippen LogP contribution in [-0.2, 0) is 10.0 Å². The summed E-state index contributed by atoms with van der Waals surface area (Å²) in [5.41, 5.74) is 0. The largest absolute Gasteiger partial charge is 0.395 e. The molecule has 1 aromatic rings. The highest BCUT2D eigenvalue weighted by molar-refractivity contribution is 7.89. The molecule has 0 unspecified atom stereocenters. The molecule has 1 heterocycles. The van der Waals surface area contributed by atoms with Gasteiger partial charge in [0.15, 0.2) is 0 Å². The van der Waals surface area contributed by atoms with E-state index in [1.54, 1.807) is 0 Å². The van der Waals surface area contributed by atoms with E-state index in [1.165, 1.54) is 6.07 Å². The molecular weight excluding hydrogens is 309 g/mol. The monoisotopic (exact) mass is 319 g/mol. The van der Waals surface area contributed by atoms with Gasteiger partial charge in [0.05, 0.1) is 17.6 Å². The molecule has 0 aliphatic rings. The van der Waals surface area contributed by atoms with Crippen molar-refractivity contribution in [1.29, 1.82) is 0 Å². The van der Waals surface area contributed by atoms with E-state index in [2.05, 4.69) is 0 Å². The van der Waals surface area contributed by atoms with Gasteiger partial charge in [-0.2, -0.15) is 4.31 Å². The maximum Gasteiger partial charge on any atom is 0.245 e. The fourth-order valence-corrected chi connectivity index (χ4v) is 4.75. The Morgan fingerprint density at radius 3 is 2.12 bits per heavy atom. The Hall–Kier alpha value is 0.110. The van der Waals surface area contributed by atoms with Gasteiger partial charge < -0.3 is 10.2 Å². The second-order valence-corrected chi connectivity index (χ2v) is 7.23. The number of halogens is 2. The van der Waals surface area contributed by atoms with Crippen LogP contribution in [0.25, 0.3) is 0 Å². The van der Waals surface area contributed by atoms with E-state index in [0.29, 0.717) is 0 Å². The zero-order valence-electron chi connectivity index (χ0n) is 8.64. The molecule has 2 N–H and O–H groups in total. The fraction of sp³-hybridized carbons (Fsp3) is 0.500. The van der Waals surface area contributed by atoms with Crippen molar-refractivity contribution in [3.8, 4) is 0 Å². The van der Waals surface area contributed by atoms with Gasteiger partial charge in [-0.15, -0.1) is 11.3 Å². The van der Waals surface area contributed by atoms with E-state index in [0.717, 1.165) is 15.6 Å². The highest BCUT2D eigenvalue weighted by Crippen LogP contribution is 2.35. The average Bonchev–Trinajstić information content (AvgIpc) is 2.58. The van der Waals surface area contributed by atoms with E-state index in [9.17, 15) is 8.42 Å². The summed E-state index contributed by atoms with van der Waals surface area (Å²) in [6.45, 7) is -0.886. The standard InChI is InChI=1S/C8H11Cl2NO4S2/c9-7-5-6(8(10)16-7)17(14,15)11(1-3-12)2-4-13/h5,12-13H,1-4H2. The highest BCUT2D eigenvalue weighted by Gasteiger charge is 2.27. The molecule has 5 nitrogen and oxygen atoms in total. The third-order valence-electron chi connectivity index (χ3n) is 1.94. The number of rotatable bonds is 6. The van der Waals surface area contributed by atoms with Crippen molar-refractivity contribution >= 4 is 44.6 Å². The van der Waals surface area contributed by atoms with Gasteiger partial charge in [-0.3, -0.25) is 0 Å². The molecule has 0 fully saturated rings. The predicted molar refractivity (Wildman–Crippen MR) is 67.3 cm³/mol. The van der Waals surface area contributed by atoms with Gasteiger partial charge in [0, 0.05) is 13.1 Å². The van der Waals surface area contributed by atoms with Crippen molar-refractivity contribution in [1.82, 2.24) is 4.31 Å². The molecule has 0 saturated carbocycles. The molecule has 0 aliphatic carbocycles. The summed E-state index contributed by atoms with van der Waals surface area (Å²) in [4.78, 5) is -0.101. The van der Waals surface area contributed by atoms with Crippen LogP contribution < -0.4 is 0 Å². The maximum atomic E-state index is 12.1. The third-order valence-corrected chi connectivity index (χ3v) is 5.59. The Morgan fingerprint density at radius 1 is 1.24 bits per heavy atom. The van der Waals surface area contributed by atoms with E-state index >= 15 is 0 Å². The van der Waals surface area contributed by atoms with Gasteiger partial charge in [0.25, 0.3) is 0 Å².